The first-order valence-corrected chi connectivity index (χ1v) is 8.85. The molecule has 27 heavy (non-hydrogen) atoms. The van der Waals surface area contributed by atoms with Gasteiger partial charge in [-0.25, -0.2) is 4.98 Å². The smallest absolute Gasteiger partial charge is 0.331 e. The van der Waals surface area contributed by atoms with Crippen LogP contribution in [0.25, 0.3) is 0 Å². The lowest BCUT2D eigenvalue weighted by molar-refractivity contribution is -0.386. The van der Waals surface area contributed by atoms with E-state index in [0.29, 0.717) is 16.3 Å². The van der Waals surface area contributed by atoms with Crippen molar-refractivity contribution in [1.29, 1.82) is 0 Å². The summed E-state index contributed by atoms with van der Waals surface area (Å²) in [6.45, 7) is 0. The zero-order chi connectivity index (χ0) is 19.2. The molecule has 2 aromatic heterocycles. The lowest BCUT2D eigenvalue weighted by atomic mass is 10.3. The van der Waals surface area contributed by atoms with E-state index in [1.807, 2.05) is 0 Å². The SMILES string of the molecule is O=C(NC(=S)Nc1cccc(Oc2ncccc2[N+](=O)[O-])c1)c1cccs1. The summed E-state index contributed by atoms with van der Waals surface area (Å²) < 4.78 is 5.51. The third-order valence-electron chi connectivity index (χ3n) is 3.23. The summed E-state index contributed by atoms with van der Waals surface area (Å²) in [6.07, 6.45) is 1.40. The second-order valence-electron chi connectivity index (χ2n) is 5.10. The van der Waals surface area contributed by atoms with Crippen molar-refractivity contribution in [2.24, 2.45) is 0 Å². The van der Waals surface area contributed by atoms with Crippen molar-refractivity contribution in [3.63, 3.8) is 0 Å². The summed E-state index contributed by atoms with van der Waals surface area (Å²) in [5.74, 6) is -0.0959. The van der Waals surface area contributed by atoms with Crippen LogP contribution in [0.1, 0.15) is 9.67 Å². The van der Waals surface area contributed by atoms with Gasteiger partial charge in [-0.1, -0.05) is 12.1 Å². The lowest BCUT2D eigenvalue weighted by Gasteiger charge is -2.10. The first kappa shape index (κ1) is 18.4. The lowest BCUT2D eigenvalue weighted by Crippen LogP contribution is -2.33. The Kier molecular flexibility index (Phi) is 5.69. The number of rotatable bonds is 5. The van der Waals surface area contributed by atoms with Crippen LogP contribution in [-0.4, -0.2) is 20.9 Å². The Hall–Kier alpha value is -3.37. The molecule has 0 saturated heterocycles. The number of thiophene rings is 1. The van der Waals surface area contributed by atoms with Gasteiger partial charge >= 0.3 is 5.69 Å². The fraction of sp³-hybridized carbons (Fsp3) is 0. The van der Waals surface area contributed by atoms with Crippen molar-refractivity contribution in [3.8, 4) is 11.6 Å². The Morgan fingerprint density at radius 2 is 2.07 bits per heavy atom. The number of hydrogen-bond donors (Lipinski definition) is 2. The van der Waals surface area contributed by atoms with Crippen LogP contribution in [-0.2, 0) is 0 Å². The molecule has 136 valence electrons. The number of aromatic nitrogens is 1. The predicted molar refractivity (Wildman–Crippen MR) is 105 cm³/mol. The number of amides is 1. The van der Waals surface area contributed by atoms with Gasteiger partial charge in [-0.05, 0) is 41.9 Å². The molecule has 0 aliphatic carbocycles. The molecule has 0 aliphatic rings. The normalized spacial score (nSPS) is 10.1. The van der Waals surface area contributed by atoms with Gasteiger partial charge in [0.05, 0.1) is 9.80 Å². The Bertz CT molecular complexity index is 992. The molecule has 0 saturated carbocycles. The third kappa shape index (κ3) is 4.84. The minimum atomic E-state index is -0.570. The van der Waals surface area contributed by atoms with Crippen LogP contribution in [0.5, 0.6) is 11.6 Å². The minimum absolute atomic E-state index is 0.117. The van der Waals surface area contributed by atoms with Gasteiger partial charge in [-0.3, -0.25) is 20.2 Å². The van der Waals surface area contributed by atoms with E-state index in [-0.39, 0.29) is 22.6 Å². The summed E-state index contributed by atoms with van der Waals surface area (Å²) in [7, 11) is 0. The largest absolute Gasteiger partial charge is 0.434 e. The Morgan fingerprint density at radius 1 is 1.22 bits per heavy atom. The first-order valence-electron chi connectivity index (χ1n) is 7.56. The summed E-state index contributed by atoms with van der Waals surface area (Å²) in [5, 5.41) is 18.4. The number of nitrogens with zero attached hydrogens (tertiary/aromatic N) is 2. The van der Waals surface area contributed by atoms with E-state index in [1.54, 1.807) is 41.8 Å². The quantitative estimate of drug-likeness (QED) is 0.379. The molecule has 0 bridgehead atoms. The number of nitro groups is 1. The Morgan fingerprint density at radius 3 is 2.81 bits per heavy atom. The molecule has 0 spiro atoms. The highest BCUT2D eigenvalue weighted by Crippen LogP contribution is 2.29. The van der Waals surface area contributed by atoms with Crippen LogP contribution in [0.15, 0.2) is 60.1 Å². The topological polar surface area (TPSA) is 106 Å². The van der Waals surface area contributed by atoms with E-state index in [2.05, 4.69) is 15.6 Å². The van der Waals surface area contributed by atoms with Gasteiger partial charge in [-0.15, -0.1) is 11.3 Å². The zero-order valence-electron chi connectivity index (χ0n) is 13.6. The van der Waals surface area contributed by atoms with Gasteiger partial charge in [0.25, 0.3) is 11.8 Å². The molecule has 0 aliphatic heterocycles. The van der Waals surface area contributed by atoms with E-state index in [4.69, 9.17) is 17.0 Å². The van der Waals surface area contributed by atoms with Crippen LogP contribution >= 0.6 is 23.6 Å². The number of ether oxygens (including phenoxy) is 1. The van der Waals surface area contributed by atoms with Gasteiger partial charge in [0, 0.05) is 24.0 Å². The molecule has 8 nitrogen and oxygen atoms in total. The molecule has 2 heterocycles. The fourth-order valence-electron chi connectivity index (χ4n) is 2.08. The van der Waals surface area contributed by atoms with Gasteiger partial charge in [-0.2, -0.15) is 0 Å². The van der Waals surface area contributed by atoms with Crippen molar-refractivity contribution in [3.05, 3.63) is 75.1 Å². The van der Waals surface area contributed by atoms with Crippen molar-refractivity contribution >= 4 is 45.9 Å². The second kappa shape index (κ2) is 8.34. The maximum absolute atomic E-state index is 12.0. The first-order chi connectivity index (χ1) is 13.0. The van der Waals surface area contributed by atoms with Crippen LogP contribution in [0.3, 0.4) is 0 Å². The van der Waals surface area contributed by atoms with E-state index in [1.165, 1.54) is 29.7 Å². The van der Waals surface area contributed by atoms with Crippen LogP contribution in [0.2, 0.25) is 0 Å². The van der Waals surface area contributed by atoms with Gasteiger partial charge in [0.15, 0.2) is 5.11 Å². The Balaban J connectivity index is 1.68. The highest BCUT2D eigenvalue weighted by Gasteiger charge is 2.16. The van der Waals surface area contributed by atoms with Crippen molar-refractivity contribution in [2.75, 3.05) is 5.32 Å². The van der Waals surface area contributed by atoms with E-state index in [9.17, 15) is 14.9 Å². The monoisotopic (exact) mass is 400 g/mol. The zero-order valence-corrected chi connectivity index (χ0v) is 15.3. The molecular weight excluding hydrogens is 388 g/mol. The number of carbonyl (C=O) groups is 1. The van der Waals surface area contributed by atoms with Crippen molar-refractivity contribution in [2.45, 2.75) is 0 Å². The molecule has 1 aromatic carbocycles. The number of hydrogen-bond acceptors (Lipinski definition) is 7. The van der Waals surface area contributed by atoms with Gasteiger partial charge in [0.2, 0.25) is 0 Å². The summed E-state index contributed by atoms with van der Waals surface area (Å²) in [6, 6.07) is 12.8. The molecule has 10 heteroatoms. The van der Waals surface area contributed by atoms with Gasteiger partial charge < -0.3 is 10.1 Å². The second-order valence-corrected chi connectivity index (χ2v) is 6.46. The van der Waals surface area contributed by atoms with E-state index in [0.717, 1.165) is 0 Å². The number of anilines is 1. The molecule has 3 aromatic rings. The highest BCUT2D eigenvalue weighted by molar-refractivity contribution is 7.80. The third-order valence-corrected chi connectivity index (χ3v) is 4.30. The highest BCUT2D eigenvalue weighted by atomic mass is 32.1. The molecule has 0 unspecified atom stereocenters. The maximum atomic E-state index is 12.0. The molecule has 0 fully saturated rings. The number of pyridine rings is 1. The molecule has 0 radical (unpaired) electrons. The molecule has 3 rings (SSSR count). The number of benzene rings is 1. The summed E-state index contributed by atoms with van der Waals surface area (Å²) >= 11 is 6.44. The summed E-state index contributed by atoms with van der Waals surface area (Å²) in [4.78, 5) is 26.9. The van der Waals surface area contributed by atoms with Gasteiger partial charge in [0.1, 0.15) is 5.75 Å². The van der Waals surface area contributed by atoms with Crippen molar-refractivity contribution < 1.29 is 14.5 Å². The predicted octanol–water partition coefficient (Wildman–Crippen LogP) is 3.97. The van der Waals surface area contributed by atoms with E-state index < -0.39 is 4.92 Å². The van der Waals surface area contributed by atoms with Crippen LogP contribution in [0, 0.1) is 10.1 Å². The average Bonchev–Trinajstić information content (AvgIpc) is 3.17. The average molecular weight is 400 g/mol. The molecule has 1 amide bonds. The Labute approximate surface area is 163 Å². The molecule has 0 atom stereocenters. The van der Waals surface area contributed by atoms with E-state index >= 15 is 0 Å². The molecule has 2 N–H and O–H groups in total. The summed E-state index contributed by atoms with van der Waals surface area (Å²) in [5.41, 5.74) is 0.303. The minimum Gasteiger partial charge on any atom is -0.434 e. The standard InChI is InChI=1S/C17H12N4O4S2/c22-15(14-7-3-9-27-14)20-17(26)19-11-4-1-5-12(10-11)25-16-13(21(23)24)6-2-8-18-16/h1-10H,(H2,19,20,22,26). The van der Waals surface area contributed by atoms with Crippen LogP contribution in [0.4, 0.5) is 11.4 Å². The number of thiocarbonyl (C=S) groups is 1. The number of nitrogens with one attached hydrogen (secondary N) is 2. The molecular formula is C17H12N4O4S2. The van der Waals surface area contributed by atoms with Crippen LogP contribution < -0.4 is 15.4 Å². The van der Waals surface area contributed by atoms with Crippen molar-refractivity contribution in [1.82, 2.24) is 10.3 Å². The maximum Gasteiger partial charge on any atom is 0.331 e. The fourth-order valence-corrected chi connectivity index (χ4v) is 2.91. The number of carbonyl (C=O) groups excluding carboxylic acids is 1.